The van der Waals surface area contributed by atoms with Gasteiger partial charge >= 0.3 is 0 Å². The van der Waals surface area contributed by atoms with E-state index < -0.39 is 0 Å². The fourth-order valence-corrected chi connectivity index (χ4v) is 2.46. The van der Waals surface area contributed by atoms with Crippen LogP contribution in [-0.4, -0.2) is 28.9 Å². The molecule has 0 N–H and O–H groups in total. The van der Waals surface area contributed by atoms with Gasteiger partial charge in [-0.05, 0) is 37.8 Å². The number of aromatic nitrogens is 1. The summed E-state index contributed by atoms with van der Waals surface area (Å²) >= 11 is 0. The summed E-state index contributed by atoms with van der Waals surface area (Å²) in [5.41, 5.74) is 0.676. The van der Waals surface area contributed by atoms with E-state index in [-0.39, 0.29) is 17.9 Å². The van der Waals surface area contributed by atoms with Crippen molar-refractivity contribution in [2.75, 3.05) is 7.05 Å². The maximum Gasteiger partial charge on any atom is 0.253 e. The van der Waals surface area contributed by atoms with Gasteiger partial charge < -0.3 is 4.90 Å². The molecule has 4 heteroatoms. The second kappa shape index (κ2) is 5.63. The molecular weight excluding hydrogens is 226 g/mol. The van der Waals surface area contributed by atoms with Crippen LogP contribution >= 0.6 is 0 Å². The molecule has 0 aromatic carbocycles. The topological polar surface area (TPSA) is 57.0 Å². The molecule has 0 spiro atoms. The Morgan fingerprint density at radius 1 is 1.33 bits per heavy atom. The average molecular weight is 243 g/mol. The third-order valence-electron chi connectivity index (χ3n) is 3.67. The van der Waals surface area contributed by atoms with Crippen LogP contribution in [0.3, 0.4) is 0 Å². The van der Waals surface area contributed by atoms with Crippen LogP contribution in [-0.2, 0) is 0 Å². The molecule has 1 fully saturated rings. The van der Waals surface area contributed by atoms with Crippen molar-refractivity contribution in [3.05, 3.63) is 30.1 Å². The minimum absolute atomic E-state index is 0.0396. The summed E-state index contributed by atoms with van der Waals surface area (Å²) in [6, 6.07) is 6.04. The summed E-state index contributed by atoms with van der Waals surface area (Å²) in [5, 5.41) is 8.87. The third kappa shape index (κ3) is 2.67. The number of hydrogen-bond donors (Lipinski definition) is 0. The molecule has 0 bridgehead atoms. The molecule has 1 heterocycles. The zero-order chi connectivity index (χ0) is 13.0. The van der Waals surface area contributed by atoms with E-state index in [2.05, 4.69) is 11.1 Å². The lowest BCUT2D eigenvalue weighted by atomic mass is 9.86. The summed E-state index contributed by atoms with van der Waals surface area (Å²) in [5.74, 6) is 0.212. The molecule has 1 amide bonds. The van der Waals surface area contributed by atoms with E-state index in [9.17, 15) is 4.79 Å². The van der Waals surface area contributed by atoms with Gasteiger partial charge in [-0.1, -0.05) is 0 Å². The van der Waals surface area contributed by atoms with Gasteiger partial charge in [-0.3, -0.25) is 9.78 Å². The van der Waals surface area contributed by atoms with Gasteiger partial charge in [0.2, 0.25) is 0 Å². The number of nitrogens with zero attached hydrogens (tertiary/aromatic N) is 3. The molecule has 0 unspecified atom stereocenters. The van der Waals surface area contributed by atoms with Crippen molar-refractivity contribution in [2.45, 2.75) is 31.7 Å². The van der Waals surface area contributed by atoms with Gasteiger partial charge in [0, 0.05) is 37.0 Å². The van der Waals surface area contributed by atoms with Crippen LogP contribution in [0.2, 0.25) is 0 Å². The molecule has 1 aromatic heterocycles. The lowest BCUT2D eigenvalue weighted by molar-refractivity contribution is 0.0686. The third-order valence-corrected chi connectivity index (χ3v) is 3.67. The molecule has 18 heavy (non-hydrogen) atoms. The number of rotatable bonds is 2. The second-order valence-electron chi connectivity index (χ2n) is 4.79. The molecule has 1 aliphatic carbocycles. The summed E-state index contributed by atoms with van der Waals surface area (Å²) in [6.45, 7) is 0. The molecule has 4 nitrogen and oxygen atoms in total. The zero-order valence-corrected chi connectivity index (χ0v) is 10.5. The second-order valence-corrected chi connectivity index (χ2v) is 4.79. The van der Waals surface area contributed by atoms with Gasteiger partial charge in [-0.25, -0.2) is 0 Å². The zero-order valence-electron chi connectivity index (χ0n) is 10.5. The standard InChI is InChI=1S/C14H17N3O/c1-17(13-4-2-11(10-15)3-5-13)14(18)12-6-8-16-9-7-12/h6-9,11,13H,2-5H2,1H3. The monoisotopic (exact) mass is 243 g/mol. The van der Waals surface area contributed by atoms with E-state index in [0.717, 1.165) is 25.7 Å². The highest BCUT2D eigenvalue weighted by Gasteiger charge is 2.26. The molecule has 2 rings (SSSR count). The Labute approximate surface area is 107 Å². The molecule has 0 atom stereocenters. The number of carbonyl (C=O) groups is 1. The number of hydrogen-bond acceptors (Lipinski definition) is 3. The Kier molecular flexibility index (Phi) is 3.93. The van der Waals surface area contributed by atoms with E-state index in [0.29, 0.717) is 5.56 Å². The maximum atomic E-state index is 12.2. The average Bonchev–Trinajstić information content (AvgIpc) is 2.47. The van der Waals surface area contributed by atoms with Gasteiger partial charge in [0.25, 0.3) is 5.91 Å². The maximum absolute atomic E-state index is 12.2. The van der Waals surface area contributed by atoms with E-state index in [1.807, 2.05) is 11.9 Å². The SMILES string of the molecule is CN(C(=O)c1ccncc1)C1CCC(C#N)CC1. The van der Waals surface area contributed by atoms with E-state index in [4.69, 9.17) is 5.26 Å². The van der Waals surface area contributed by atoms with Crippen molar-refractivity contribution in [3.8, 4) is 6.07 Å². The van der Waals surface area contributed by atoms with E-state index >= 15 is 0 Å². The lowest BCUT2D eigenvalue weighted by Crippen LogP contribution is -2.39. The summed E-state index contributed by atoms with van der Waals surface area (Å²) < 4.78 is 0. The smallest absolute Gasteiger partial charge is 0.253 e. The Morgan fingerprint density at radius 2 is 1.94 bits per heavy atom. The van der Waals surface area contributed by atoms with Crippen molar-refractivity contribution >= 4 is 5.91 Å². The Morgan fingerprint density at radius 3 is 2.50 bits per heavy atom. The van der Waals surface area contributed by atoms with Gasteiger partial charge in [-0.15, -0.1) is 0 Å². The molecule has 0 radical (unpaired) electrons. The first-order valence-corrected chi connectivity index (χ1v) is 6.29. The van der Waals surface area contributed by atoms with Crippen LogP contribution in [0.25, 0.3) is 0 Å². The van der Waals surface area contributed by atoms with Crippen LogP contribution in [0.15, 0.2) is 24.5 Å². The van der Waals surface area contributed by atoms with Crippen molar-refractivity contribution in [2.24, 2.45) is 5.92 Å². The number of carbonyl (C=O) groups excluding carboxylic acids is 1. The molecule has 1 aromatic rings. The Balaban J connectivity index is 1.98. The van der Waals surface area contributed by atoms with Crippen LogP contribution in [0.4, 0.5) is 0 Å². The van der Waals surface area contributed by atoms with Crippen LogP contribution in [0.1, 0.15) is 36.0 Å². The van der Waals surface area contributed by atoms with E-state index in [1.165, 1.54) is 0 Å². The van der Waals surface area contributed by atoms with Crippen LogP contribution < -0.4 is 0 Å². The predicted octanol–water partition coefficient (Wildman–Crippen LogP) is 2.24. The number of nitriles is 1. The van der Waals surface area contributed by atoms with Gasteiger partial charge in [0.05, 0.1) is 6.07 Å². The van der Waals surface area contributed by atoms with Crippen LogP contribution in [0.5, 0.6) is 0 Å². The first-order valence-electron chi connectivity index (χ1n) is 6.29. The summed E-state index contributed by atoms with van der Waals surface area (Å²) in [4.78, 5) is 18.0. The van der Waals surface area contributed by atoms with Crippen molar-refractivity contribution in [3.63, 3.8) is 0 Å². The van der Waals surface area contributed by atoms with Crippen molar-refractivity contribution in [1.29, 1.82) is 5.26 Å². The minimum Gasteiger partial charge on any atom is -0.339 e. The quantitative estimate of drug-likeness (QED) is 0.800. The highest BCUT2D eigenvalue weighted by molar-refractivity contribution is 5.94. The first kappa shape index (κ1) is 12.6. The highest BCUT2D eigenvalue weighted by atomic mass is 16.2. The highest BCUT2D eigenvalue weighted by Crippen LogP contribution is 2.27. The predicted molar refractivity (Wildman–Crippen MR) is 67.7 cm³/mol. The normalized spacial score (nSPS) is 23.1. The van der Waals surface area contributed by atoms with E-state index in [1.54, 1.807) is 24.5 Å². The number of pyridine rings is 1. The first-order chi connectivity index (χ1) is 8.72. The summed E-state index contributed by atoms with van der Waals surface area (Å²) in [7, 11) is 1.85. The van der Waals surface area contributed by atoms with Crippen molar-refractivity contribution in [1.82, 2.24) is 9.88 Å². The largest absolute Gasteiger partial charge is 0.339 e. The minimum atomic E-state index is 0.0396. The molecule has 1 saturated carbocycles. The Hall–Kier alpha value is -1.89. The molecule has 1 aliphatic rings. The molecule has 0 aliphatic heterocycles. The van der Waals surface area contributed by atoms with Crippen molar-refractivity contribution < 1.29 is 4.79 Å². The van der Waals surface area contributed by atoms with Gasteiger partial charge in [0.1, 0.15) is 0 Å². The molecule has 94 valence electrons. The van der Waals surface area contributed by atoms with Crippen LogP contribution in [0, 0.1) is 17.2 Å². The fraction of sp³-hybridized carbons (Fsp3) is 0.500. The summed E-state index contributed by atoms with van der Waals surface area (Å²) in [6.07, 6.45) is 6.91. The fourth-order valence-electron chi connectivity index (χ4n) is 2.46. The Bertz CT molecular complexity index is 444. The number of amides is 1. The molecular formula is C14H17N3O. The lowest BCUT2D eigenvalue weighted by Gasteiger charge is -2.32. The van der Waals surface area contributed by atoms with Gasteiger partial charge in [-0.2, -0.15) is 5.26 Å². The molecule has 0 saturated heterocycles. The van der Waals surface area contributed by atoms with Gasteiger partial charge in [0.15, 0.2) is 0 Å².